The number of rotatable bonds is 2. The average Bonchev–Trinajstić information content (AvgIpc) is 2.73. The van der Waals surface area contributed by atoms with Crippen molar-refractivity contribution >= 4 is 17.3 Å². The van der Waals surface area contributed by atoms with Crippen LogP contribution < -0.4 is 0 Å². The van der Waals surface area contributed by atoms with E-state index in [2.05, 4.69) is 4.98 Å². The van der Waals surface area contributed by atoms with Gasteiger partial charge in [-0.3, -0.25) is 0 Å². The number of carbonyl (C=O) groups is 1. The standard InChI is InChI=1S/C16H19NO2S/c1-9-7-6-8-10(2)11(9)14-17-13(16(3,4)5)12(20-14)15(18)19/h6-8H,1-5H3,(H,18,19). The Hall–Kier alpha value is -1.68. The Balaban J connectivity index is 2.69. The van der Waals surface area contributed by atoms with Crippen LogP contribution in [0.25, 0.3) is 10.6 Å². The maximum absolute atomic E-state index is 11.5. The maximum atomic E-state index is 11.5. The molecule has 0 saturated carbocycles. The number of aromatic carboxylic acids is 1. The Bertz CT molecular complexity index is 645. The predicted molar refractivity (Wildman–Crippen MR) is 82.7 cm³/mol. The summed E-state index contributed by atoms with van der Waals surface area (Å²) >= 11 is 1.27. The van der Waals surface area contributed by atoms with Crippen LogP contribution in [-0.4, -0.2) is 16.1 Å². The first kappa shape index (κ1) is 14.7. The third-order valence-electron chi connectivity index (χ3n) is 3.23. The van der Waals surface area contributed by atoms with Gasteiger partial charge in [-0.2, -0.15) is 0 Å². The molecule has 1 N–H and O–H groups in total. The van der Waals surface area contributed by atoms with Gasteiger partial charge < -0.3 is 5.11 Å². The van der Waals surface area contributed by atoms with Crippen molar-refractivity contribution in [2.45, 2.75) is 40.0 Å². The fourth-order valence-electron chi connectivity index (χ4n) is 2.23. The average molecular weight is 289 g/mol. The zero-order valence-electron chi connectivity index (χ0n) is 12.4. The Morgan fingerprint density at radius 2 is 1.75 bits per heavy atom. The summed E-state index contributed by atoms with van der Waals surface area (Å²) in [5.74, 6) is -0.898. The second-order valence-corrected chi connectivity index (χ2v) is 7.02. The van der Waals surface area contributed by atoms with Crippen LogP contribution in [0.3, 0.4) is 0 Å². The van der Waals surface area contributed by atoms with E-state index in [9.17, 15) is 9.90 Å². The summed E-state index contributed by atoms with van der Waals surface area (Å²) in [5, 5.41) is 10.2. The van der Waals surface area contributed by atoms with Crippen LogP contribution in [-0.2, 0) is 5.41 Å². The van der Waals surface area contributed by atoms with Crippen LogP contribution in [0.1, 0.15) is 47.3 Å². The summed E-state index contributed by atoms with van der Waals surface area (Å²) in [6.07, 6.45) is 0. The lowest BCUT2D eigenvalue weighted by atomic mass is 9.91. The van der Waals surface area contributed by atoms with Crippen LogP contribution in [0.15, 0.2) is 18.2 Å². The van der Waals surface area contributed by atoms with Gasteiger partial charge in [-0.05, 0) is 25.0 Å². The van der Waals surface area contributed by atoms with Gasteiger partial charge in [0.25, 0.3) is 0 Å². The molecule has 1 heterocycles. The summed E-state index contributed by atoms with van der Waals surface area (Å²) in [6.45, 7) is 10.0. The zero-order chi connectivity index (χ0) is 15.1. The fourth-order valence-corrected chi connectivity index (χ4v) is 3.52. The molecule has 0 radical (unpaired) electrons. The zero-order valence-corrected chi connectivity index (χ0v) is 13.3. The second-order valence-electron chi connectivity index (χ2n) is 6.02. The summed E-state index contributed by atoms with van der Waals surface area (Å²) in [5.41, 5.74) is 3.68. The third-order valence-corrected chi connectivity index (χ3v) is 4.29. The minimum atomic E-state index is -0.898. The molecule has 0 fully saturated rings. The van der Waals surface area contributed by atoms with E-state index < -0.39 is 5.97 Å². The molecule has 0 saturated heterocycles. The molecule has 0 bridgehead atoms. The summed E-state index contributed by atoms with van der Waals surface area (Å²) in [4.78, 5) is 16.4. The molecule has 0 atom stereocenters. The summed E-state index contributed by atoms with van der Waals surface area (Å²) in [7, 11) is 0. The van der Waals surface area contributed by atoms with Crippen molar-refractivity contribution < 1.29 is 9.90 Å². The minimum absolute atomic E-state index is 0.279. The molecule has 4 heteroatoms. The van der Waals surface area contributed by atoms with Gasteiger partial charge in [-0.1, -0.05) is 39.0 Å². The van der Waals surface area contributed by atoms with E-state index in [-0.39, 0.29) is 5.41 Å². The van der Waals surface area contributed by atoms with Gasteiger partial charge in [0.2, 0.25) is 0 Å². The lowest BCUT2D eigenvalue weighted by molar-refractivity contribution is 0.0699. The predicted octanol–water partition coefficient (Wildman–Crippen LogP) is 4.42. The van der Waals surface area contributed by atoms with Gasteiger partial charge in [-0.15, -0.1) is 11.3 Å². The molecule has 0 aliphatic heterocycles. The first-order valence-corrected chi connectivity index (χ1v) is 7.34. The van der Waals surface area contributed by atoms with Gasteiger partial charge in [0, 0.05) is 11.0 Å². The summed E-state index contributed by atoms with van der Waals surface area (Å²) in [6, 6.07) is 6.06. The molecular formula is C16H19NO2S. The molecule has 106 valence electrons. The lowest BCUT2D eigenvalue weighted by Gasteiger charge is -2.16. The largest absolute Gasteiger partial charge is 0.477 e. The number of nitrogens with zero attached hydrogens (tertiary/aromatic N) is 1. The Kier molecular flexibility index (Phi) is 3.69. The van der Waals surface area contributed by atoms with E-state index in [4.69, 9.17) is 0 Å². The van der Waals surface area contributed by atoms with E-state index in [1.807, 2.05) is 52.8 Å². The fraction of sp³-hybridized carbons (Fsp3) is 0.375. The minimum Gasteiger partial charge on any atom is -0.477 e. The SMILES string of the molecule is Cc1cccc(C)c1-c1nc(C(C)(C)C)c(C(=O)O)s1. The normalized spacial score (nSPS) is 11.7. The van der Waals surface area contributed by atoms with Crippen molar-refractivity contribution in [1.29, 1.82) is 0 Å². The highest BCUT2D eigenvalue weighted by Crippen LogP contribution is 2.36. The van der Waals surface area contributed by atoms with Crippen LogP contribution in [0.5, 0.6) is 0 Å². The molecule has 1 aromatic carbocycles. The van der Waals surface area contributed by atoms with Crippen LogP contribution in [0.4, 0.5) is 0 Å². The van der Waals surface area contributed by atoms with Gasteiger partial charge in [-0.25, -0.2) is 9.78 Å². The number of aryl methyl sites for hydroxylation is 2. The molecule has 0 aliphatic rings. The monoisotopic (exact) mass is 289 g/mol. The highest BCUT2D eigenvalue weighted by atomic mass is 32.1. The van der Waals surface area contributed by atoms with Gasteiger partial charge >= 0.3 is 5.97 Å². The molecular weight excluding hydrogens is 270 g/mol. The number of thiazole rings is 1. The molecule has 0 spiro atoms. The quantitative estimate of drug-likeness (QED) is 0.890. The summed E-state index contributed by atoms with van der Waals surface area (Å²) < 4.78 is 0. The van der Waals surface area contributed by atoms with E-state index in [1.54, 1.807) is 0 Å². The van der Waals surface area contributed by atoms with E-state index in [1.165, 1.54) is 11.3 Å². The number of carboxylic acid groups (broad SMARTS) is 1. The highest BCUT2D eigenvalue weighted by molar-refractivity contribution is 7.17. The Labute approximate surface area is 123 Å². The van der Waals surface area contributed by atoms with E-state index in [0.29, 0.717) is 10.6 Å². The van der Waals surface area contributed by atoms with Crippen molar-refractivity contribution in [1.82, 2.24) is 4.98 Å². The van der Waals surface area contributed by atoms with Gasteiger partial charge in [0.15, 0.2) is 0 Å². The number of aromatic nitrogens is 1. The van der Waals surface area contributed by atoms with Crippen LogP contribution in [0, 0.1) is 13.8 Å². The topological polar surface area (TPSA) is 50.2 Å². The first-order chi connectivity index (χ1) is 9.21. The maximum Gasteiger partial charge on any atom is 0.347 e. The van der Waals surface area contributed by atoms with Crippen molar-refractivity contribution in [3.63, 3.8) is 0 Å². The number of hydrogen-bond donors (Lipinski definition) is 1. The van der Waals surface area contributed by atoms with Crippen molar-refractivity contribution in [3.8, 4) is 10.6 Å². The molecule has 2 aromatic rings. The molecule has 0 amide bonds. The number of hydrogen-bond acceptors (Lipinski definition) is 3. The lowest BCUT2D eigenvalue weighted by Crippen LogP contribution is -2.16. The van der Waals surface area contributed by atoms with Crippen LogP contribution in [0.2, 0.25) is 0 Å². The van der Waals surface area contributed by atoms with E-state index in [0.717, 1.165) is 21.7 Å². The molecule has 20 heavy (non-hydrogen) atoms. The second kappa shape index (κ2) is 5.02. The molecule has 2 rings (SSSR count). The van der Waals surface area contributed by atoms with Crippen molar-refractivity contribution in [2.24, 2.45) is 0 Å². The third kappa shape index (κ3) is 2.61. The Morgan fingerprint density at radius 3 is 2.15 bits per heavy atom. The van der Waals surface area contributed by atoms with Crippen molar-refractivity contribution in [2.75, 3.05) is 0 Å². The molecule has 1 aromatic heterocycles. The molecule has 0 aliphatic carbocycles. The molecule has 3 nitrogen and oxygen atoms in total. The molecule has 0 unspecified atom stereocenters. The van der Waals surface area contributed by atoms with Crippen LogP contribution >= 0.6 is 11.3 Å². The van der Waals surface area contributed by atoms with E-state index >= 15 is 0 Å². The number of benzene rings is 1. The van der Waals surface area contributed by atoms with Gasteiger partial charge in [0.05, 0.1) is 5.69 Å². The highest BCUT2D eigenvalue weighted by Gasteiger charge is 2.27. The number of carboxylic acids is 1. The Morgan fingerprint density at radius 1 is 1.20 bits per heavy atom. The van der Waals surface area contributed by atoms with Crippen molar-refractivity contribution in [3.05, 3.63) is 39.9 Å². The first-order valence-electron chi connectivity index (χ1n) is 6.53. The van der Waals surface area contributed by atoms with Gasteiger partial charge in [0.1, 0.15) is 9.88 Å². The smallest absolute Gasteiger partial charge is 0.347 e.